The van der Waals surface area contributed by atoms with Crippen LogP contribution in [0.2, 0.25) is 5.02 Å². The number of carbonyl (C=O) groups excluding carboxylic acids is 1. The van der Waals surface area contributed by atoms with Crippen molar-refractivity contribution in [2.24, 2.45) is 7.05 Å². The van der Waals surface area contributed by atoms with Crippen LogP contribution in [0.3, 0.4) is 0 Å². The largest absolute Gasteiger partial charge is 0.337 e. The molecule has 2 aromatic rings. The molecule has 1 aromatic carbocycles. The second-order valence-corrected chi connectivity index (χ2v) is 5.63. The first-order chi connectivity index (χ1) is 8.97. The number of hydrogen-bond acceptors (Lipinski definition) is 2. The van der Waals surface area contributed by atoms with Crippen LogP contribution in [-0.2, 0) is 13.6 Å². The van der Waals surface area contributed by atoms with Crippen LogP contribution >= 0.6 is 27.5 Å². The van der Waals surface area contributed by atoms with Gasteiger partial charge in [-0.1, -0.05) is 27.5 Å². The smallest absolute Gasteiger partial charge is 0.255 e. The van der Waals surface area contributed by atoms with Crippen LogP contribution in [-0.4, -0.2) is 27.6 Å². The molecule has 0 unspecified atom stereocenters. The maximum absolute atomic E-state index is 12.3. The predicted molar refractivity (Wildman–Crippen MR) is 78.2 cm³/mol. The average molecular weight is 343 g/mol. The molecule has 0 aliphatic rings. The summed E-state index contributed by atoms with van der Waals surface area (Å²) in [5.41, 5.74) is 1.46. The van der Waals surface area contributed by atoms with E-state index in [0.717, 1.165) is 10.0 Å². The lowest BCUT2D eigenvalue weighted by Crippen LogP contribution is -2.26. The van der Waals surface area contributed by atoms with Crippen molar-refractivity contribution < 1.29 is 4.79 Å². The maximum atomic E-state index is 12.3. The Morgan fingerprint density at radius 1 is 1.53 bits per heavy atom. The van der Waals surface area contributed by atoms with E-state index in [1.807, 2.05) is 13.2 Å². The Morgan fingerprint density at radius 2 is 2.26 bits per heavy atom. The number of rotatable bonds is 3. The molecule has 1 amide bonds. The number of benzene rings is 1. The molecule has 0 aliphatic carbocycles. The number of nitrogens with zero attached hydrogens (tertiary/aromatic N) is 3. The first-order valence-corrected chi connectivity index (χ1v) is 6.82. The van der Waals surface area contributed by atoms with E-state index in [0.29, 0.717) is 17.1 Å². The van der Waals surface area contributed by atoms with Gasteiger partial charge in [0.2, 0.25) is 0 Å². The first-order valence-electron chi connectivity index (χ1n) is 5.65. The molecule has 4 nitrogen and oxygen atoms in total. The third-order valence-corrected chi connectivity index (χ3v) is 3.51. The Balaban J connectivity index is 2.16. The second kappa shape index (κ2) is 5.75. The molecule has 100 valence electrons. The molecule has 0 bridgehead atoms. The molecule has 0 atom stereocenters. The molecule has 0 spiro atoms. The molecule has 0 saturated heterocycles. The van der Waals surface area contributed by atoms with Crippen LogP contribution in [0, 0.1) is 0 Å². The monoisotopic (exact) mass is 341 g/mol. The highest BCUT2D eigenvalue weighted by Gasteiger charge is 2.16. The fourth-order valence-electron chi connectivity index (χ4n) is 1.77. The molecule has 1 heterocycles. The molecule has 0 N–H and O–H groups in total. The van der Waals surface area contributed by atoms with Crippen LogP contribution in [0.25, 0.3) is 0 Å². The molecule has 2 rings (SSSR count). The van der Waals surface area contributed by atoms with Crippen molar-refractivity contribution in [3.05, 3.63) is 51.2 Å². The summed E-state index contributed by atoms with van der Waals surface area (Å²) in [4.78, 5) is 13.9. The Morgan fingerprint density at radius 3 is 2.89 bits per heavy atom. The van der Waals surface area contributed by atoms with Crippen molar-refractivity contribution in [1.29, 1.82) is 0 Å². The Kier molecular flexibility index (Phi) is 4.27. The molecule has 0 fully saturated rings. The van der Waals surface area contributed by atoms with Crippen LogP contribution in [0.5, 0.6) is 0 Å². The standard InChI is InChI=1S/C13H13BrClN3O/c1-17(7-9-6-16-18(2)8-9)13(19)11-5-10(14)3-4-12(11)15/h3-6,8H,7H2,1-2H3. The molecule has 0 radical (unpaired) electrons. The summed E-state index contributed by atoms with van der Waals surface area (Å²) in [7, 11) is 3.59. The van der Waals surface area contributed by atoms with E-state index >= 15 is 0 Å². The summed E-state index contributed by atoms with van der Waals surface area (Å²) >= 11 is 9.40. The van der Waals surface area contributed by atoms with Crippen molar-refractivity contribution in [1.82, 2.24) is 14.7 Å². The number of aryl methyl sites for hydroxylation is 1. The van der Waals surface area contributed by atoms with Crippen molar-refractivity contribution in [2.45, 2.75) is 6.54 Å². The fourth-order valence-corrected chi connectivity index (χ4v) is 2.33. The van der Waals surface area contributed by atoms with Gasteiger partial charge in [0.05, 0.1) is 16.8 Å². The lowest BCUT2D eigenvalue weighted by Gasteiger charge is -2.17. The molecule has 6 heteroatoms. The summed E-state index contributed by atoms with van der Waals surface area (Å²) in [5.74, 6) is -0.116. The lowest BCUT2D eigenvalue weighted by molar-refractivity contribution is 0.0785. The van der Waals surface area contributed by atoms with Crippen molar-refractivity contribution >= 4 is 33.4 Å². The third-order valence-electron chi connectivity index (χ3n) is 2.68. The van der Waals surface area contributed by atoms with Gasteiger partial charge in [0.25, 0.3) is 5.91 Å². The van der Waals surface area contributed by atoms with Gasteiger partial charge in [0.15, 0.2) is 0 Å². The highest BCUT2D eigenvalue weighted by molar-refractivity contribution is 9.10. The summed E-state index contributed by atoms with van der Waals surface area (Å²) in [6.07, 6.45) is 3.62. The van der Waals surface area contributed by atoms with Gasteiger partial charge in [-0.3, -0.25) is 9.48 Å². The van der Waals surface area contributed by atoms with E-state index in [1.54, 1.807) is 41.0 Å². The number of amides is 1. The average Bonchev–Trinajstić information content (AvgIpc) is 2.77. The predicted octanol–water partition coefficient (Wildman–Crippen LogP) is 3.11. The van der Waals surface area contributed by atoms with E-state index < -0.39 is 0 Å². The van der Waals surface area contributed by atoms with Gasteiger partial charge in [-0.15, -0.1) is 0 Å². The zero-order valence-corrected chi connectivity index (χ0v) is 12.9. The molecular formula is C13H13BrClN3O. The van der Waals surface area contributed by atoms with Gasteiger partial charge < -0.3 is 4.90 Å². The van der Waals surface area contributed by atoms with Crippen LogP contribution in [0.4, 0.5) is 0 Å². The number of aromatic nitrogens is 2. The highest BCUT2D eigenvalue weighted by atomic mass is 79.9. The number of carbonyl (C=O) groups is 1. The van der Waals surface area contributed by atoms with E-state index in [9.17, 15) is 4.79 Å². The van der Waals surface area contributed by atoms with Gasteiger partial charge in [-0.2, -0.15) is 5.10 Å². The van der Waals surface area contributed by atoms with Gasteiger partial charge in [0.1, 0.15) is 0 Å². The molecule has 0 saturated carbocycles. The van der Waals surface area contributed by atoms with E-state index in [1.165, 1.54) is 0 Å². The zero-order chi connectivity index (χ0) is 14.0. The van der Waals surface area contributed by atoms with Crippen LogP contribution in [0.1, 0.15) is 15.9 Å². The summed E-state index contributed by atoms with van der Waals surface area (Å²) in [6, 6.07) is 5.24. The minimum Gasteiger partial charge on any atom is -0.337 e. The third kappa shape index (κ3) is 3.36. The van der Waals surface area contributed by atoms with Gasteiger partial charge in [-0.25, -0.2) is 0 Å². The Labute approximate surface area is 125 Å². The molecule has 19 heavy (non-hydrogen) atoms. The Bertz CT molecular complexity index is 612. The van der Waals surface area contributed by atoms with E-state index in [4.69, 9.17) is 11.6 Å². The normalized spacial score (nSPS) is 10.5. The maximum Gasteiger partial charge on any atom is 0.255 e. The molecular weight excluding hydrogens is 330 g/mol. The first kappa shape index (κ1) is 14.1. The minimum atomic E-state index is -0.116. The van der Waals surface area contributed by atoms with Crippen molar-refractivity contribution in [3.63, 3.8) is 0 Å². The SMILES string of the molecule is CN(Cc1cnn(C)c1)C(=O)c1cc(Br)ccc1Cl. The number of halogens is 2. The van der Waals surface area contributed by atoms with Crippen LogP contribution < -0.4 is 0 Å². The van der Waals surface area contributed by atoms with Gasteiger partial charge in [-0.05, 0) is 18.2 Å². The summed E-state index contributed by atoms with van der Waals surface area (Å²) < 4.78 is 2.54. The molecule has 1 aromatic heterocycles. The quantitative estimate of drug-likeness (QED) is 0.859. The number of hydrogen-bond donors (Lipinski definition) is 0. The van der Waals surface area contributed by atoms with Gasteiger partial charge >= 0.3 is 0 Å². The zero-order valence-electron chi connectivity index (χ0n) is 10.6. The minimum absolute atomic E-state index is 0.116. The highest BCUT2D eigenvalue weighted by Crippen LogP contribution is 2.22. The summed E-state index contributed by atoms with van der Waals surface area (Å²) in [5, 5.41) is 4.53. The van der Waals surface area contributed by atoms with Gasteiger partial charge in [0, 0.05) is 36.9 Å². The lowest BCUT2D eigenvalue weighted by atomic mass is 10.2. The van der Waals surface area contributed by atoms with Crippen molar-refractivity contribution in [3.8, 4) is 0 Å². The second-order valence-electron chi connectivity index (χ2n) is 4.31. The Hall–Kier alpha value is -1.33. The van der Waals surface area contributed by atoms with E-state index in [2.05, 4.69) is 21.0 Å². The fraction of sp³-hybridized carbons (Fsp3) is 0.231. The topological polar surface area (TPSA) is 38.1 Å². The summed E-state index contributed by atoms with van der Waals surface area (Å²) in [6.45, 7) is 0.496. The molecule has 0 aliphatic heterocycles. The van der Waals surface area contributed by atoms with Crippen molar-refractivity contribution in [2.75, 3.05) is 7.05 Å². The van der Waals surface area contributed by atoms with E-state index in [-0.39, 0.29) is 5.91 Å². The van der Waals surface area contributed by atoms with Crippen LogP contribution in [0.15, 0.2) is 35.1 Å².